The van der Waals surface area contributed by atoms with Crippen LogP contribution in [0.15, 0.2) is 30.3 Å². The lowest BCUT2D eigenvalue weighted by Crippen LogP contribution is -2.79. The van der Waals surface area contributed by atoms with Gasteiger partial charge in [0.05, 0.1) is 17.5 Å². The van der Waals surface area contributed by atoms with Crippen molar-refractivity contribution in [3.63, 3.8) is 0 Å². The Hall–Kier alpha value is -3.83. The lowest BCUT2D eigenvalue weighted by atomic mass is 9.48. The smallest absolute Gasteiger partial charge is 0.308 e. The first kappa shape index (κ1) is 30.2. The number of carbonyl (C=O) groups excluding carboxylic acids is 3. The van der Waals surface area contributed by atoms with Crippen molar-refractivity contribution in [2.45, 2.75) is 96.4 Å². The number of ether oxygens (including phenoxy) is 3. The Morgan fingerprint density at radius 3 is 2.55 bits per heavy atom. The molecule has 2 aromatic rings. The number of carbonyl (C=O) groups is 3. The van der Waals surface area contributed by atoms with Crippen molar-refractivity contribution in [3.8, 4) is 23.3 Å². The van der Waals surface area contributed by atoms with Crippen molar-refractivity contribution >= 4 is 17.8 Å². The summed E-state index contributed by atoms with van der Waals surface area (Å²) in [5, 5.41) is 0. The number of amides is 1. The first-order valence-corrected chi connectivity index (χ1v) is 15.7. The number of likely N-dealkylation sites (N-methyl/N-ethyl adjacent to an activating group) is 1. The SMILES string of the molecule is CC(=O)Oc1ccc2c3c1O[C@H]1[C@H](N(CC(C)C)C(=O)C#Cc4ccc(C)c(C)c4)CC[C@@]4(OC(C)=O)[C@@H](C2)N(C)CC[C@]314. The van der Waals surface area contributed by atoms with Crippen LogP contribution in [0.5, 0.6) is 11.5 Å². The number of benzene rings is 2. The van der Waals surface area contributed by atoms with E-state index in [2.05, 4.69) is 44.6 Å². The van der Waals surface area contributed by atoms with Crippen LogP contribution in [-0.2, 0) is 31.0 Å². The van der Waals surface area contributed by atoms with Gasteiger partial charge in [-0.05, 0) is 93.9 Å². The first-order chi connectivity index (χ1) is 20.9. The summed E-state index contributed by atoms with van der Waals surface area (Å²) in [4.78, 5) is 43.2. The number of esters is 2. The summed E-state index contributed by atoms with van der Waals surface area (Å²) in [6.07, 6.45) is 2.01. The number of aryl methyl sites for hydroxylation is 2. The molecule has 1 saturated heterocycles. The maximum absolute atomic E-state index is 14.1. The maximum atomic E-state index is 14.1. The Bertz CT molecular complexity index is 1600. The molecule has 8 nitrogen and oxygen atoms in total. The fraction of sp³-hybridized carbons (Fsp3) is 0.528. The van der Waals surface area contributed by atoms with E-state index in [1.165, 1.54) is 19.4 Å². The molecule has 2 aliphatic heterocycles. The van der Waals surface area contributed by atoms with Crippen molar-refractivity contribution in [2.24, 2.45) is 5.92 Å². The van der Waals surface area contributed by atoms with E-state index in [1.807, 2.05) is 36.1 Å². The second kappa shape index (κ2) is 11.0. The van der Waals surface area contributed by atoms with Gasteiger partial charge in [0.1, 0.15) is 11.7 Å². The molecule has 2 aliphatic carbocycles. The van der Waals surface area contributed by atoms with Crippen molar-refractivity contribution in [2.75, 3.05) is 20.1 Å². The molecular weight excluding hydrogens is 556 g/mol. The summed E-state index contributed by atoms with van der Waals surface area (Å²) < 4.78 is 19.1. The van der Waals surface area contributed by atoms with Crippen molar-refractivity contribution < 1.29 is 28.6 Å². The quantitative estimate of drug-likeness (QED) is 0.285. The van der Waals surface area contributed by atoms with Crippen LogP contribution in [0.3, 0.4) is 0 Å². The topological polar surface area (TPSA) is 85.4 Å². The summed E-state index contributed by atoms with van der Waals surface area (Å²) in [5.74, 6) is 6.12. The number of nitrogens with zero attached hydrogens (tertiary/aromatic N) is 2. The lowest BCUT2D eigenvalue weighted by Gasteiger charge is -2.65. The van der Waals surface area contributed by atoms with Crippen molar-refractivity contribution in [1.29, 1.82) is 0 Å². The maximum Gasteiger partial charge on any atom is 0.308 e. The number of likely N-dealkylation sites (tertiary alicyclic amines) is 1. The minimum absolute atomic E-state index is 0.0518. The Kier molecular flexibility index (Phi) is 7.52. The van der Waals surface area contributed by atoms with E-state index < -0.39 is 23.1 Å². The molecule has 44 heavy (non-hydrogen) atoms. The Balaban J connectivity index is 1.49. The van der Waals surface area contributed by atoms with E-state index in [9.17, 15) is 14.4 Å². The van der Waals surface area contributed by atoms with E-state index in [1.54, 1.807) is 6.07 Å². The van der Waals surface area contributed by atoms with E-state index in [0.717, 1.165) is 28.8 Å². The zero-order chi connectivity index (χ0) is 31.6. The molecule has 1 saturated carbocycles. The van der Waals surface area contributed by atoms with E-state index in [4.69, 9.17) is 14.2 Å². The number of hydrogen-bond donors (Lipinski definition) is 0. The highest BCUT2D eigenvalue weighted by molar-refractivity contribution is 5.94. The Morgan fingerprint density at radius 1 is 1.09 bits per heavy atom. The third kappa shape index (κ3) is 4.59. The molecule has 0 aromatic heterocycles. The summed E-state index contributed by atoms with van der Waals surface area (Å²) >= 11 is 0. The summed E-state index contributed by atoms with van der Waals surface area (Å²) in [6, 6.07) is 9.41. The predicted octanol–water partition coefficient (Wildman–Crippen LogP) is 4.49. The van der Waals surface area contributed by atoms with Crippen LogP contribution in [0.4, 0.5) is 0 Å². The average Bonchev–Trinajstić information content (AvgIpc) is 3.30. The average molecular weight is 599 g/mol. The largest absolute Gasteiger partial charge is 0.483 e. The fourth-order valence-electron chi connectivity index (χ4n) is 8.48. The molecule has 0 unspecified atom stereocenters. The van der Waals surface area contributed by atoms with Crippen LogP contribution in [0.1, 0.15) is 74.8 Å². The highest BCUT2D eigenvalue weighted by atomic mass is 16.6. The van der Waals surface area contributed by atoms with Gasteiger partial charge in [-0.3, -0.25) is 19.3 Å². The van der Waals surface area contributed by atoms with Gasteiger partial charge in [-0.15, -0.1) is 0 Å². The molecule has 1 spiro atoms. The Labute approximate surface area is 260 Å². The number of rotatable bonds is 5. The molecule has 4 aliphatic rings. The molecule has 2 fully saturated rings. The number of piperidine rings is 1. The summed E-state index contributed by atoms with van der Waals surface area (Å²) in [6.45, 7) is 12.4. The van der Waals surface area contributed by atoms with Gasteiger partial charge >= 0.3 is 11.9 Å². The molecule has 6 rings (SSSR count). The molecule has 1 amide bonds. The van der Waals surface area contributed by atoms with Crippen molar-refractivity contribution in [1.82, 2.24) is 9.80 Å². The van der Waals surface area contributed by atoms with Crippen molar-refractivity contribution in [3.05, 3.63) is 58.1 Å². The molecule has 0 N–H and O–H groups in total. The van der Waals surface area contributed by atoms with Crippen LogP contribution >= 0.6 is 0 Å². The second-order valence-electron chi connectivity index (χ2n) is 13.5. The van der Waals surface area contributed by atoms with Crippen LogP contribution in [0, 0.1) is 31.6 Å². The predicted molar refractivity (Wildman–Crippen MR) is 165 cm³/mol. The highest BCUT2D eigenvalue weighted by Gasteiger charge is 2.75. The number of hydrogen-bond acceptors (Lipinski definition) is 7. The third-order valence-corrected chi connectivity index (χ3v) is 10.3. The van der Waals surface area contributed by atoms with Gasteiger partial charge in [-0.1, -0.05) is 31.9 Å². The van der Waals surface area contributed by atoms with Gasteiger partial charge in [0.15, 0.2) is 11.5 Å². The second-order valence-corrected chi connectivity index (χ2v) is 13.5. The molecule has 5 atom stereocenters. The van der Waals surface area contributed by atoms with Gasteiger partial charge in [-0.2, -0.15) is 0 Å². The monoisotopic (exact) mass is 598 g/mol. The van der Waals surface area contributed by atoms with Crippen LogP contribution in [-0.4, -0.2) is 71.6 Å². The van der Waals surface area contributed by atoms with Crippen LogP contribution < -0.4 is 9.47 Å². The minimum Gasteiger partial charge on any atom is -0.483 e. The summed E-state index contributed by atoms with van der Waals surface area (Å²) in [7, 11) is 2.09. The highest BCUT2D eigenvalue weighted by Crippen LogP contribution is 2.67. The van der Waals surface area contributed by atoms with Gasteiger partial charge < -0.3 is 19.1 Å². The third-order valence-electron chi connectivity index (χ3n) is 10.3. The molecule has 232 valence electrons. The molecular formula is C36H42N2O6. The van der Waals surface area contributed by atoms with Crippen LogP contribution in [0.25, 0.3) is 0 Å². The zero-order valence-corrected chi connectivity index (χ0v) is 26.8. The van der Waals surface area contributed by atoms with Gasteiger partial charge in [0.25, 0.3) is 5.91 Å². The van der Waals surface area contributed by atoms with E-state index in [0.29, 0.717) is 43.7 Å². The first-order valence-electron chi connectivity index (χ1n) is 15.7. The standard InChI is InChI=1S/C36H42N2O6/c1-21(2)20-38(31(41)13-10-26-9-8-22(3)23(4)18-26)28-14-15-36(44-25(6)40)30-19-27-11-12-29(42-24(5)39)33-32(27)35(36,34(28)43-33)16-17-37(30)7/h8-9,11-12,18,21,28,30,34H,14-17,19-20H2,1-7H3/t28-,30-,34+,35+,36-/m1/s1. The van der Waals surface area contributed by atoms with Gasteiger partial charge in [-0.25, -0.2) is 0 Å². The van der Waals surface area contributed by atoms with Gasteiger partial charge in [0, 0.05) is 37.4 Å². The molecule has 2 aromatic carbocycles. The lowest BCUT2D eigenvalue weighted by molar-refractivity contribution is -0.221. The minimum atomic E-state index is -0.849. The van der Waals surface area contributed by atoms with E-state index >= 15 is 0 Å². The normalized spacial score (nSPS) is 27.9. The Morgan fingerprint density at radius 2 is 1.86 bits per heavy atom. The zero-order valence-electron chi connectivity index (χ0n) is 26.8. The van der Waals surface area contributed by atoms with Crippen LogP contribution in [0.2, 0.25) is 0 Å². The molecule has 0 radical (unpaired) electrons. The fourth-order valence-corrected chi connectivity index (χ4v) is 8.48. The summed E-state index contributed by atoms with van der Waals surface area (Å²) in [5.41, 5.74) is 3.61. The van der Waals surface area contributed by atoms with E-state index in [-0.39, 0.29) is 29.9 Å². The molecule has 2 heterocycles. The molecule has 8 heteroatoms. The molecule has 2 bridgehead atoms. The van der Waals surface area contributed by atoms with Gasteiger partial charge in [0.2, 0.25) is 0 Å².